The second kappa shape index (κ2) is 7.01. The maximum absolute atomic E-state index is 14.0. The van der Waals surface area contributed by atoms with Crippen molar-refractivity contribution in [1.29, 1.82) is 0 Å². The van der Waals surface area contributed by atoms with E-state index in [0.717, 1.165) is 6.07 Å². The van der Waals surface area contributed by atoms with E-state index < -0.39 is 21.7 Å². The van der Waals surface area contributed by atoms with Crippen LogP contribution in [0.3, 0.4) is 0 Å². The summed E-state index contributed by atoms with van der Waals surface area (Å²) in [6.45, 7) is 1.59. The third kappa shape index (κ3) is 3.54. The number of pyridine rings is 1. The molecule has 0 radical (unpaired) electrons. The van der Waals surface area contributed by atoms with Crippen LogP contribution in [0.5, 0.6) is 0 Å². The summed E-state index contributed by atoms with van der Waals surface area (Å²) in [5.74, 6) is -2.08. The molecular weight excluding hydrogens is 382 g/mol. The van der Waals surface area contributed by atoms with Gasteiger partial charge in [0.05, 0.1) is 10.6 Å². The number of anilines is 1. The van der Waals surface area contributed by atoms with Gasteiger partial charge in [0.1, 0.15) is 5.82 Å². The fraction of sp³-hybridized carbons (Fsp3) is 0.0556. The van der Waals surface area contributed by atoms with Gasteiger partial charge in [0.2, 0.25) is 0 Å². The first-order chi connectivity index (χ1) is 12.3. The summed E-state index contributed by atoms with van der Waals surface area (Å²) in [5.41, 5.74) is 0.434. The quantitative estimate of drug-likeness (QED) is 0.692. The van der Waals surface area contributed by atoms with Crippen molar-refractivity contribution in [1.82, 2.24) is 4.98 Å². The van der Waals surface area contributed by atoms with Gasteiger partial charge in [-0.05, 0) is 48.9 Å². The first kappa shape index (κ1) is 18.3. The lowest BCUT2D eigenvalue weighted by atomic mass is 10.1. The SMILES string of the molecule is Cc1c(Cl)cccc1S(=O)(=O)Nc1cccc(-c2cccc(F)c2F)n1. The van der Waals surface area contributed by atoms with Gasteiger partial charge in [-0.1, -0.05) is 29.8 Å². The number of nitrogens with zero attached hydrogens (tertiary/aromatic N) is 1. The Morgan fingerprint density at radius 2 is 1.69 bits per heavy atom. The number of sulfonamides is 1. The van der Waals surface area contributed by atoms with Crippen molar-refractivity contribution in [3.05, 3.63) is 76.8 Å². The predicted molar refractivity (Wildman–Crippen MR) is 96.6 cm³/mol. The maximum atomic E-state index is 14.0. The zero-order chi connectivity index (χ0) is 18.9. The summed E-state index contributed by atoms with van der Waals surface area (Å²) >= 11 is 5.98. The molecule has 0 saturated heterocycles. The minimum Gasteiger partial charge on any atom is -0.263 e. The van der Waals surface area contributed by atoms with Crippen LogP contribution in [0.25, 0.3) is 11.3 Å². The molecule has 0 aliphatic heterocycles. The average Bonchev–Trinajstić information content (AvgIpc) is 2.59. The van der Waals surface area contributed by atoms with Gasteiger partial charge >= 0.3 is 0 Å². The first-order valence-electron chi connectivity index (χ1n) is 7.49. The van der Waals surface area contributed by atoms with Crippen molar-refractivity contribution in [3.63, 3.8) is 0 Å². The summed E-state index contributed by atoms with van der Waals surface area (Å²) in [7, 11) is -3.95. The summed E-state index contributed by atoms with van der Waals surface area (Å²) < 4.78 is 54.9. The molecule has 3 rings (SSSR count). The summed E-state index contributed by atoms with van der Waals surface area (Å²) in [6, 6.07) is 12.6. The molecule has 4 nitrogen and oxygen atoms in total. The summed E-state index contributed by atoms with van der Waals surface area (Å²) in [4.78, 5) is 4.09. The van der Waals surface area contributed by atoms with Gasteiger partial charge in [0.15, 0.2) is 11.6 Å². The van der Waals surface area contributed by atoms with E-state index in [2.05, 4.69) is 9.71 Å². The fourth-order valence-corrected chi connectivity index (χ4v) is 3.91. The van der Waals surface area contributed by atoms with E-state index in [0.29, 0.717) is 10.6 Å². The van der Waals surface area contributed by atoms with Gasteiger partial charge in [-0.15, -0.1) is 0 Å². The highest BCUT2D eigenvalue weighted by molar-refractivity contribution is 7.92. The average molecular weight is 395 g/mol. The standard InChI is InChI=1S/C18H13ClF2N2O2S/c1-11-13(19)6-3-9-16(11)26(24,25)23-17-10-4-8-15(22-17)12-5-2-7-14(20)18(12)21/h2-10H,1H3,(H,22,23). The molecular formula is C18H13ClF2N2O2S. The van der Waals surface area contributed by atoms with E-state index in [4.69, 9.17) is 11.6 Å². The Morgan fingerprint density at radius 3 is 2.46 bits per heavy atom. The van der Waals surface area contributed by atoms with Crippen LogP contribution in [0.15, 0.2) is 59.5 Å². The molecule has 1 N–H and O–H groups in total. The van der Waals surface area contributed by atoms with Crippen molar-refractivity contribution in [2.24, 2.45) is 0 Å². The molecule has 0 aliphatic carbocycles. The van der Waals surface area contributed by atoms with Gasteiger partial charge in [-0.25, -0.2) is 22.2 Å². The normalized spacial score (nSPS) is 11.4. The van der Waals surface area contributed by atoms with Crippen LogP contribution in [0, 0.1) is 18.6 Å². The van der Waals surface area contributed by atoms with Gasteiger partial charge in [-0.2, -0.15) is 0 Å². The van der Waals surface area contributed by atoms with Crippen LogP contribution in [-0.2, 0) is 10.0 Å². The van der Waals surface area contributed by atoms with E-state index in [1.165, 1.54) is 42.5 Å². The van der Waals surface area contributed by atoms with Crippen molar-refractivity contribution in [3.8, 4) is 11.3 Å². The van der Waals surface area contributed by atoms with Crippen LogP contribution >= 0.6 is 11.6 Å². The van der Waals surface area contributed by atoms with Crippen molar-refractivity contribution >= 4 is 27.4 Å². The zero-order valence-electron chi connectivity index (χ0n) is 13.5. The molecule has 0 aliphatic rings. The van der Waals surface area contributed by atoms with Crippen molar-refractivity contribution in [2.75, 3.05) is 4.72 Å². The van der Waals surface area contributed by atoms with Crippen LogP contribution in [0.4, 0.5) is 14.6 Å². The van der Waals surface area contributed by atoms with Crippen molar-refractivity contribution < 1.29 is 17.2 Å². The fourth-order valence-electron chi connectivity index (χ4n) is 2.41. The second-order valence-electron chi connectivity index (χ2n) is 5.48. The molecule has 0 saturated carbocycles. The van der Waals surface area contributed by atoms with Crippen LogP contribution < -0.4 is 4.72 Å². The number of benzene rings is 2. The largest absolute Gasteiger partial charge is 0.263 e. The highest BCUT2D eigenvalue weighted by Crippen LogP contribution is 2.26. The molecule has 3 aromatic rings. The highest BCUT2D eigenvalue weighted by Gasteiger charge is 2.19. The number of hydrogen-bond acceptors (Lipinski definition) is 3. The Hall–Kier alpha value is -2.51. The molecule has 0 bridgehead atoms. The molecule has 134 valence electrons. The molecule has 26 heavy (non-hydrogen) atoms. The predicted octanol–water partition coefficient (Wildman–Crippen LogP) is 4.79. The van der Waals surface area contributed by atoms with Crippen molar-refractivity contribution in [2.45, 2.75) is 11.8 Å². The topological polar surface area (TPSA) is 59.1 Å². The monoisotopic (exact) mass is 394 g/mol. The Balaban J connectivity index is 1.99. The summed E-state index contributed by atoms with van der Waals surface area (Å²) in [5, 5.41) is 0.316. The van der Waals surface area contributed by atoms with E-state index in [1.807, 2.05) is 0 Å². The Kier molecular flexibility index (Phi) is 4.93. The molecule has 0 fully saturated rings. The van der Waals surface area contributed by atoms with E-state index in [-0.39, 0.29) is 22.0 Å². The second-order valence-corrected chi connectivity index (χ2v) is 7.54. The van der Waals surface area contributed by atoms with E-state index in [9.17, 15) is 17.2 Å². The number of hydrogen-bond donors (Lipinski definition) is 1. The summed E-state index contributed by atoms with van der Waals surface area (Å²) in [6.07, 6.45) is 0. The lowest BCUT2D eigenvalue weighted by molar-refractivity contribution is 0.511. The van der Waals surface area contributed by atoms with Gasteiger partial charge < -0.3 is 0 Å². The molecule has 8 heteroatoms. The Labute approximate surface area is 154 Å². The van der Waals surface area contributed by atoms with Crippen LogP contribution in [-0.4, -0.2) is 13.4 Å². The highest BCUT2D eigenvalue weighted by atomic mass is 35.5. The lowest BCUT2D eigenvalue weighted by Crippen LogP contribution is -2.15. The smallest absolute Gasteiger partial charge is 0.263 e. The van der Waals surface area contributed by atoms with E-state index >= 15 is 0 Å². The van der Waals surface area contributed by atoms with Crippen LogP contribution in [0.1, 0.15) is 5.56 Å². The van der Waals surface area contributed by atoms with Gasteiger partial charge in [0, 0.05) is 10.6 Å². The minimum atomic E-state index is -3.95. The third-order valence-electron chi connectivity index (χ3n) is 3.72. The van der Waals surface area contributed by atoms with E-state index in [1.54, 1.807) is 13.0 Å². The number of aromatic nitrogens is 1. The minimum absolute atomic E-state index is 0.00846. The molecule has 0 amide bonds. The van der Waals surface area contributed by atoms with Crippen LogP contribution in [0.2, 0.25) is 5.02 Å². The lowest BCUT2D eigenvalue weighted by Gasteiger charge is -2.11. The molecule has 0 spiro atoms. The third-order valence-corrected chi connectivity index (χ3v) is 5.63. The van der Waals surface area contributed by atoms with Gasteiger partial charge in [-0.3, -0.25) is 4.72 Å². The molecule has 0 unspecified atom stereocenters. The van der Waals surface area contributed by atoms with Gasteiger partial charge in [0.25, 0.3) is 10.0 Å². The Morgan fingerprint density at radius 1 is 1.00 bits per heavy atom. The molecule has 0 atom stereocenters. The number of halogens is 3. The molecule has 1 heterocycles. The number of nitrogens with one attached hydrogen (secondary N) is 1. The molecule has 2 aromatic carbocycles. The first-order valence-corrected chi connectivity index (χ1v) is 9.35. The number of rotatable bonds is 4. The Bertz CT molecular complexity index is 1090. The maximum Gasteiger partial charge on any atom is 0.263 e. The molecule has 1 aromatic heterocycles. The zero-order valence-corrected chi connectivity index (χ0v) is 15.1.